The fraction of sp³-hybridized carbons (Fsp3) is 0.350. The molecule has 2 unspecified atom stereocenters. The summed E-state index contributed by atoms with van der Waals surface area (Å²) in [5.41, 5.74) is 1.89. The molecule has 3 heterocycles. The number of esters is 1. The van der Waals surface area contributed by atoms with Crippen LogP contribution in [0.5, 0.6) is 0 Å². The van der Waals surface area contributed by atoms with Crippen LogP contribution in [0, 0.1) is 0 Å². The fourth-order valence-corrected chi connectivity index (χ4v) is 4.30. The third kappa shape index (κ3) is 3.40. The number of benzene rings is 1. The molecule has 2 atom stereocenters. The predicted octanol–water partition coefficient (Wildman–Crippen LogP) is 2.59. The van der Waals surface area contributed by atoms with Gasteiger partial charge in [-0.15, -0.1) is 0 Å². The number of hydrogen-bond donors (Lipinski definition) is 0. The number of aliphatic imine (C=N–C) groups is 1. The minimum atomic E-state index is -0.727. The Bertz CT molecular complexity index is 893. The molecule has 3 aliphatic heterocycles. The fourth-order valence-electron chi connectivity index (χ4n) is 3.36. The maximum Gasteiger partial charge on any atom is 0.338 e. The van der Waals surface area contributed by atoms with Crippen LogP contribution in [-0.2, 0) is 30.2 Å². The molecule has 0 aliphatic carbocycles. The van der Waals surface area contributed by atoms with Crippen molar-refractivity contribution in [3.63, 3.8) is 0 Å². The molecule has 0 N–H and O–H groups in total. The predicted molar refractivity (Wildman–Crippen MR) is 104 cm³/mol. The summed E-state index contributed by atoms with van der Waals surface area (Å²) in [5.74, 6) is 0.0551. The van der Waals surface area contributed by atoms with Crippen LogP contribution in [0.2, 0.25) is 0 Å². The lowest BCUT2D eigenvalue weighted by atomic mass is 10.0. The molecule has 1 aromatic rings. The van der Waals surface area contributed by atoms with Gasteiger partial charge < -0.3 is 14.2 Å². The number of carbonyl (C=O) groups excluding carboxylic acids is 2. The van der Waals surface area contributed by atoms with E-state index in [0.717, 1.165) is 5.56 Å². The van der Waals surface area contributed by atoms with Gasteiger partial charge in [-0.1, -0.05) is 42.1 Å². The number of rotatable bonds is 5. The molecule has 1 fully saturated rings. The minimum Gasteiger partial charge on any atom is -0.463 e. The number of hydrogen-bond acceptors (Lipinski definition) is 7. The number of amides is 1. The Morgan fingerprint density at radius 1 is 1.36 bits per heavy atom. The van der Waals surface area contributed by atoms with Crippen molar-refractivity contribution < 1.29 is 23.8 Å². The monoisotopic (exact) mass is 400 g/mol. The van der Waals surface area contributed by atoms with Gasteiger partial charge in [0.05, 0.1) is 23.6 Å². The maximum absolute atomic E-state index is 12.6. The van der Waals surface area contributed by atoms with Gasteiger partial charge in [0.1, 0.15) is 12.3 Å². The highest BCUT2D eigenvalue weighted by Crippen LogP contribution is 2.38. The van der Waals surface area contributed by atoms with E-state index in [1.807, 2.05) is 30.3 Å². The van der Waals surface area contributed by atoms with Gasteiger partial charge in [-0.25, -0.2) is 9.79 Å². The zero-order valence-electron chi connectivity index (χ0n) is 15.6. The van der Waals surface area contributed by atoms with Crippen molar-refractivity contribution in [2.75, 3.05) is 12.4 Å². The molecule has 4 rings (SSSR count). The lowest BCUT2D eigenvalue weighted by Gasteiger charge is -2.32. The van der Waals surface area contributed by atoms with Crippen LogP contribution >= 0.6 is 11.8 Å². The van der Waals surface area contributed by atoms with Crippen LogP contribution in [-0.4, -0.2) is 46.6 Å². The maximum atomic E-state index is 12.6. The highest BCUT2D eigenvalue weighted by Gasteiger charge is 2.46. The Morgan fingerprint density at radius 2 is 2.14 bits per heavy atom. The SMILES string of the molecule is CCOC(=O)C1=C(C)N=C2SCC(=O)N2C1C1=COC(Cc2ccccc2)O1. The van der Waals surface area contributed by atoms with E-state index < -0.39 is 18.3 Å². The van der Waals surface area contributed by atoms with Gasteiger partial charge in [-0.3, -0.25) is 9.69 Å². The summed E-state index contributed by atoms with van der Waals surface area (Å²) in [5, 5.41) is 0.566. The molecule has 1 saturated heterocycles. The second-order valence-corrected chi connectivity index (χ2v) is 7.40. The molecule has 8 heteroatoms. The molecular weight excluding hydrogens is 380 g/mol. The summed E-state index contributed by atoms with van der Waals surface area (Å²) >= 11 is 1.35. The van der Waals surface area contributed by atoms with E-state index in [1.54, 1.807) is 13.8 Å². The number of fused-ring (bicyclic) bond motifs is 1. The first kappa shape index (κ1) is 18.6. The van der Waals surface area contributed by atoms with Gasteiger partial charge in [-0.2, -0.15) is 0 Å². The standard InChI is InChI=1S/C20H20N2O5S/c1-3-25-19(24)17-12(2)21-20-22(15(23)11-28-20)18(17)14-10-26-16(27-14)9-13-7-5-4-6-8-13/h4-8,10,16,18H,3,9,11H2,1-2H3. The average molecular weight is 400 g/mol. The van der Waals surface area contributed by atoms with E-state index in [9.17, 15) is 9.59 Å². The summed E-state index contributed by atoms with van der Waals surface area (Å²) in [6, 6.07) is 9.11. The highest BCUT2D eigenvalue weighted by molar-refractivity contribution is 8.15. The highest BCUT2D eigenvalue weighted by atomic mass is 32.2. The second kappa shape index (κ2) is 7.71. The van der Waals surface area contributed by atoms with E-state index in [-0.39, 0.29) is 18.3 Å². The zero-order chi connectivity index (χ0) is 19.7. The van der Waals surface area contributed by atoms with E-state index >= 15 is 0 Å². The van der Waals surface area contributed by atoms with E-state index in [0.29, 0.717) is 28.6 Å². The van der Waals surface area contributed by atoms with Crippen LogP contribution < -0.4 is 0 Å². The molecule has 0 bridgehead atoms. The summed E-state index contributed by atoms with van der Waals surface area (Å²) in [7, 11) is 0. The van der Waals surface area contributed by atoms with Crippen molar-refractivity contribution in [1.29, 1.82) is 0 Å². The molecule has 28 heavy (non-hydrogen) atoms. The first-order valence-corrected chi connectivity index (χ1v) is 10.0. The first-order valence-electron chi connectivity index (χ1n) is 9.06. The quantitative estimate of drug-likeness (QED) is 0.707. The van der Waals surface area contributed by atoms with Crippen LogP contribution in [0.15, 0.2) is 58.6 Å². The molecule has 0 spiro atoms. The smallest absolute Gasteiger partial charge is 0.338 e. The lowest BCUT2D eigenvalue weighted by molar-refractivity contribution is -0.139. The van der Waals surface area contributed by atoms with Crippen molar-refractivity contribution in [2.45, 2.75) is 32.6 Å². The average Bonchev–Trinajstić information content (AvgIpc) is 3.28. The number of amidine groups is 1. The molecule has 1 aromatic carbocycles. The molecule has 0 saturated carbocycles. The summed E-state index contributed by atoms with van der Waals surface area (Å²) < 4.78 is 16.9. The molecule has 3 aliphatic rings. The lowest BCUT2D eigenvalue weighted by Crippen LogP contribution is -2.46. The zero-order valence-corrected chi connectivity index (χ0v) is 16.4. The normalized spacial score (nSPS) is 23.6. The van der Waals surface area contributed by atoms with Crippen molar-refractivity contribution in [2.24, 2.45) is 4.99 Å². The Hall–Kier alpha value is -2.74. The van der Waals surface area contributed by atoms with Gasteiger partial charge >= 0.3 is 5.97 Å². The molecular formula is C20H20N2O5S. The Labute approximate surface area is 167 Å². The van der Waals surface area contributed by atoms with E-state index in [2.05, 4.69) is 4.99 Å². The number of carbonyl (C=O) groups is 2. The van der Waals surface area contributed by atoms with Gasteiger partial charge in [0, 0.05) is 6.42 Å². The number of thioether (sulfide) groups is 1. The van der Waals surface area contributed by atoms with Crippen molar-refractivity contribution in [3.05, 3.63) is 59.2 Å². The molecule has 1 amide bonds. The van der Waals surface area contributed by atoms with Gasteiger partial charge in [0.2, 0.25) is 12.2 Å². The Morgan fingerprint density at radius 3 is 2.89 bits per heavy atom. The molecule has 0 aromatic heterocycles. The number of nitrogens with zero attached hydrogens (tertiary/aromatic N) is 2. The minimum absolute atomic E-state index is 0.126. The van der Waals surface area contributed by atoms with Crippen molar-refractivity contribution >= 4 is 28.8 Å². The van der Waals surface area contributed by atoms with Crippen molar-refractivity contribution in [1.82, 2.24) is 4.90 Å². The van der Waals surface area contributed by atoms with Crippen LogP contribution in [0.25, 0.3) is 0 Å². The molecule has 146 valence electrons. The Balaban J connectivity index is 1.61. The van der Waals surface area contributed by atoms with Gasteiger partial charge in [-0.05, 0) is 19.4 Å². The third-order valence-corrected chi connectivity index (χ3v) is 5.54. The summed E-state index contributed by atoms with van der Waals surface area (Å²) in [6.45, 7) is 3.71. The largest absolute Gasteiger partial charge is 0.463 e. The number of allylic oxidation sites excluding steroid dienone is 1. The van der Waals surface area contributed by atoms with Crippen LogP contribution in [0.4, 0.5) is 0 Å². The third-order valence-electron chi connectivity index (χ3n) is 4.60. The van der Waals surface area contributed by atoms with Gasteiger partial charge in [0.15, 0.2) is 10.9 Å². The first-order chi connectivity index (χ1) is 13.6. The van der Waals surface area contributed by atoms with Crippen LogP contribution in [0.3, 0.4) is 0 Å². The van der Waals surface area contributed by atoms with Crippen LogP contribution in [0.1, 0.15) is 19.4 Å². The van der Waals surface area contributed by atoms with Crippen molar-refractivity contribution in [3.8, 4) is 0 Å². The molecule has 0 radical (unpaired) electrons. The Kier molecular flexibility index (Phi) is 5.13. The molecule has 7 nitrogen and oxygen atoms in total. The van der Waals surface area contributed by atoms with Gasteiger partial charge in [0.25, 0.3) is 0 Å². The van der Waals surface area contributed by atoms with E-state index in [4.69, 9.17) is 14.2 Å². The van der Waals surface area contributed by atoms with E-state index in [1.165, 1.54) is 22.9 Å². The number of ether oxygens (including phenoxy) is 3. The second-order valence-electron chi connectivity index (χ2n) is 6.46. The summed E-state index contributed by atoms with van der Waals surface area (Å²) in [4.78, 5) is 31.1. The topological polar surface area (TPSA) is 77.4 Å². The summed E-state index contributed by atoms with van der Waals surface area (Å²) in [6.07, 6.45) is 1.52.